The molecular formula is C19H20IrNO2S-. The van der Waals surface area contributed by atoms with Gasteiger partial charge in [-0.25, -0.2) is 0 Å². The first-order valence-electron chi connectivity index (χ1n) is 7.33. The topological polar surface area (TPSA) is 53.4 Å². The van der Waals surface area contributed by atoms with E-state index in [2.05, 4.69) is 47.6 Å². The van der Waals surface area contributed by atoms with Crippen molar-refractivity contribution in [1.29, 1.82) is 0 Å². The van der Waals surface area contributed by atoms with Gasteiger partial charge in [0.15, 0.2) is 0 Å². The fourth-order valence-corrected chi connectivity index (χ4v) is 2.89. The minimum absolute atomic E-state index is 0. The van der Waals surface area contributed by atoms with Gasteiger partial charge in [-0.15, -0.1) is 46.7 Å². The first-order chi connectivity index (χ1) is 11.0. The van der Waals surface area contributed by atoms with Crippen molar-refractivity contribution in [2.45, 2.75) is 26.9 Å². The van der Waals surface area contributed by atoms with E-state index in [1.54, 1.807) is 18.3 Å². The third-order valence-electron chi connectivity index (χ3n) is 3.09. The van der Waals surface area contributed by atoms with Crippen LogP contribution in [0.5, 0.6) is 0 Å². The van der Waals surface area contributed by atoms with Crippen molar-refractivity contribution < 1.29 is 30.3 Å². The van der Waals surface area contributed by atoms with E-state index < -0.39 is 6.10 Å². The second-order valence-electron chi connectivity index (χ2n) is 5.32. The molecule has 3 nitrogen and oxygen atoms in total. The van der Waals surface area contributed by atoms with Crippen molar-refractivity contribution in [3.05, 3.63) is 65.4 Å². The molecule has 0 bridgehead atoms. The normalized spacial score (nSPS) is 12.1. The standard InChI is InChI=1S/C14H10NS.C5H10O2.Ir/c1-10-2-4-11(5-3-10)14-12-7-9-16-13(12)6-8-15-14;1-4(6)3-5(2)7;/h2-4,6-9H,1H3;3-4,6-7H,1-2H3;/q-1;;/b;5-3-;. The summed E-state index contributed by atoms with van der Waals surface area (Å²) in [6, 6.07) is 13.6. The largest absolute Gasteiger partial charge is 0.513 e. The number of allylic oxidation sites excluding steroid dienone is 1. The fraction of sp³-hybridized carbons (Fsp3) is 0.211. The van der Waals surface area contributed by atoms with Crippen molar-refractivity contribution in [1.82, 2.24) is 4.98 Å². The predicted molar refractivity (Wildman–Crippen MR) is 96.7 cm³/mol. The SMILES string of the molecule is C/C(O)=C/C(C)O.Cc1c[c-]c(-c2nccc3sccc23)cc1.[Ir]. The van der Waals surface area contributed by atoms with Crippen molar-refractivity contribution >= 4 is 21.4 Å². The number of aryl methyl sites for hydroxylation is 1. The molecule has 5 heteroatoms. The Bertz CT molecular complexity index is 790. The maximum atomic E-state index is 8.49. The third kappa shape index (κ3) is 5.84. The van der Waals surface area contributed by atoms with Crippen molar-refractivity contribution in [2.75, 3.05) is 0 Å². The van der Waals surface area contributed by atoms with Crippen molar-refractivity contribution in [3.8, 4) is 11.3 Å². The number of hydrogen-bond donors (Lipinski definition) is 2. The Hall–Kier alpha value is -1.52. The van der Waals surface area contributed by atoms with Crippen LogP contribution in [-0.2, 0) is 20.1 Å². The first kappa shape index (κ1) is 20.5. The van der Waals surface area contributed by atoms with Crippen molar-refractivity contribution in [2.24, 2.45) is 0 Å². The molecule has 1 aromatic carbocycles. The Balaban J connectivity index is 0.000000312. The molecule has 2 N–H and O–H groups in total. The summed E-state index contributed by atoms with van der Waals surface area (Å²) in [5.41, 5.74) is 3.31. The second-order valence-corrected chi connectivity index (χ2v) is 6.27. The maximum absolute atomic E-state index is 8.49. The summed E-state index contributed by atoms with van der Waals surface area (Å²) >= 11 is 1.75. The molecule has 129 valence electrons. The molecule has 0 saturated carbocycles. The van der Waals surface area contributed by atoms with Gasteiger partial charge in [0.1, 0.15) is 0 Å². The number of aromatic nitrogens is 1. The minimum Gasteiger partial charge on any atom is -0.513 e. The first-order valence-corrected chi connectivity index (χ1v) is 8.21. The predicted octanol–water partition coefficient (Wildman–Crippen LogP) is 4.90. The van der Waals surface area contributed by atoms with E-state index in [0.29, 0.717) is 0 Å². The number of rotatable bonds is 2. The van der Waals surface area contributed by atoms with E-state index in [1.165, 1.54) is 28.6 Å². The van der Waals surface area contributed by atoms with Gasteiger partial charge >= 0.3 is 0 Å². The molecule has 0 saturated heterocycles. The van der Waals surface area contributed by atoms with Crippen LogP contribution in [0.15, 0.2) is 53.7 Å². The fourth-order valence-electron chi connectivity index (χ4n) is 2.11. The van der Waals surface area contributed by atoms with Crippen LogP contribution in [0, 0.1) is 13.0 Å². The van der Waals surface area contributed by atoms with Crippen LogP contribution >= 0.6 is 11.3 Å². The van der Waals surface area contributed by atoms with Crippen LogP contribution in [0.1, 0.15) is 19.4 Å². The third-order valence-corrected chi connectivity index (χ3v) is 3.97. The number of aliphatic hydroxyl groups excluding tert-OH is 2. The summed E-state index contributed by atoms with van der Waals surface area (Å²) in [4.78, 5) is 4.45. The molecule has 3 rings (SSSR count). The number of hydrogen-bond acceptors (Lipinski definition) is 4. The van der Waals surface area contributed by atoms with Crippen LogP contribution < -0.4 is 0 Å². The molecule has 0 aliphatic heterocycles. The van der Waals surface area contributed by atoms with Gasteiger partial charge in [0.25, 0.3) is 0 Å². The van der Waals surface area contributed by atoms with Gasteiger partial charge in [-0.3, -0.25) is 0 Å². The summed E-state index contributed by atoms with van der Waals surface area (Å²) in [6.45, 7) is 5.17. The molecular weight excluding hydrogens is 498 g/mol. The molecule has 1 unspecified atom stereocenters. The van der Waals surface area contributed by atoms with Crippen LogP contribution in [0.2, 0.25) is 0 Å². The van der Waals surface area contributed by atoms with Gasteiger partial charge in [-0.2, -0.15) is 0 Å². The van der Waals surface area contributed by atoms with E-state index in [1.807, 2.05) is 12.3 Å². The zero-order valence-electron chi connectivity index (χ0n) is 13.8. The minimum atomic E-state index is -0.537. The Morgan fingerprint density at radius 3 is 2.58 bits per heavy atom. The number of nitrogens with zero attached hydrogens (tertiary/aromatic N) is 1. The molecule has 0 amide bonds. The van der Waals surface area contributed by atoms with E-state index in [0.717, 1.165) is 11.3 Å². The summed E-state index contributed by atoms with van der Waals surface area (Å²) in [6.07, 6.45) is 2.69. The van der Waals surface area contributed by atoms with Gasteiger partial charge in [-0.1, -0.05) is 13.0 Å². The van der Waals surface area contributed by atoms with Crippen LogP contribution in [0.25, 0.3) is 21.3 Å². The van der Waals surface area contributed by atoms with Crippen LogP contribution in [0.3, 0.4) is 0 Å². The monoisotopic (exact) mass is 519 g/mol. The quantitative estimate of drug-likeness (QED) is 0.375. The molecule has 0 aliphatic carbocycles. The number of thiophene rings is 1. The average molecular weight is 519 g/mol. The van der Waals surface area contributed by atoms with Gasteiger partial charge in [-0.05, 0) is 42.5 Å². The number of aliphatic hydroxyl groups is 2. The molecule has 1 radical (unpaired) electrons. The smallest absolute Gasteiger partial charge is 0.0877 e. The van der Waals surface area contributed by atoms with E-state index in [-0.39, 0.29) is 25.9 Å². The molecule has 1 atom stereocenters. The summed E-state index contributed by atoms with van der Waals surface area (Å²) in [5.74, 6) is 0.162. The molecule has 0 aliphatic rings. The Kier molecular flexibility index (Phi) is 8.29. The molecule has 0 fully saturated rings. The number of fused-ring (bicyclic) bond motifs is 1. The summed E-state index contributed by atoms with van der Waals surface area (Å²) in [5, 5.41) is 20.2. The summed E-state index contributed by atoms with van der Waals surface area (Å²) < 4.78 is 1.28. The van der Waals surface area contributed by atoms with Crippen molar-refractivity contribution in [3.63, 3.8) is 0 Å². The van der Waals surface area contributed by atoms with Crippen LogP contribution in [0.4, 0.5) is 0 Å². The van der Waals surface area contributed by atoms with Gasteiger partial charge in [0.05, 0.1) is 11.9 Å². The van der Waals surface area contributed by atoms with E-state index in [9.17, 15) is 0 Å². The molecule has 24 heavy (non-hydrogen) atoms. The Labute approximate surface area is 160 Å². The number of pyridine rings is 1. The molecule has 2 heterocycles. The van der Waals surface area contributed by atoms with Crippen LogP contribution in [-0.4, -0.2) is 21.3 Å². The maximum Gasteiger partial charge on any atom is 0.0877 e. The summed E-state index contributed by atoms with van der Waals surface area (Å²) in [7, 11) is 0. The van der Waals surface area contributed by atoms with Gasteiger partial charge in [0.2, 0.25) is 0 Å². The Morgan fingerprint density at radius 1 is 1.29 bits per heavy atom. The zero-order valence-corrected chi connectivity index (χ0v) is 17.0. The van der Waals surface area contributed by atoms with Gasteiger partial charge < -0.3 is 15.2 Å². The number of benzene rings is 1. The molecule has 0 spiro atoms. The van der Waals surface area contributed by atoms with E-state index >= 15 is 0 Å². The molecule has 2 aromatic heterocycles. The Morgan fingerprint density at radius 2 is 2.04 bits per heavy atom. The van der Waals surface area contributed by atoms with Gasteiger partial charge in [0, 0.05) is 31.0 Å². The van der Waals surface area contributed by atoms with E-state index in [4.69, 9.17) is 10.2 Å². The zero-order chi connectivity index (χ0) is 16.8. The average Bonchev–Trinajstić information content (AvgIpc) is 2.95. The second kappa shape index (κ2) is 9.70. The molecule has 3 aromatic rings.